The highest BCUT2D eigenvalue weighted by Gasteiger charge is 2.19. The molecule has 0 fully saturated rings. The van der Waals surface area contributed by atoms with E-state index in [-0.39, 0.29) is 12.6 Å². The zero-order valence-electron chi connectivity index (χ0n) is 11.7. The lowest BCUT2D eigenvalue weighted by atomic mass is 10.0. The summed E-state index contributed by atoms with van der Waals surface area (Å²) in [7, 11) is 1.65. The van der Waals surface area contributed by atoms with Gasteiger partial charge in [-0.25, -0.2) is 0 Å². The smallest absolute Gasteiger partial charge is 0.125 e. The van der Waals surface area contributed by atoms with Crippen molar-refractivity contribution in [2.45, 2.75) is 32.9 Å². The van der Waals surface area contributed by atoms with Gasteiger partial charge < -0.3 is 20.5 Å². The van der Waals surface area contributed by atoms with E-state index < -0.39 is 0 Å². The molecule has 0 heterocycles. The molecule has 0 aliphatic carbocycles. The molecule has 0 saturated heterocycles. The molecule has 1 atom stereocenters. The van der Waals surface area contributed by atoms with Crippen LogP contribution in [-0.4, -0.2) is 31.4 Å². The van der Waals surface area contributed by atoms with Gasteiger partial charge in [-0.3, -0.25) is 0 Å². The van der Waals surface area contributed by atoms with E-state index in [9.17, 15) is 5.11 Å². The Morgan fingerprint density at radius 3 is 2.44 bits per heavy atom. The fourth-order valence-electron chi connectivity index (χ4n) is 2.18. The van der Waals surface area contributed by atoms with Crippen LogP contribution in [0.15, 0.2) is 18.2 Å². The Kier molecular flexibility index (Phi) is 5.44. The van der Waals surface area contributed by atoms with Gasteiger partial charge in [0.25, 0.3) is 0 Å². The van der Waals surface area contributed by atoms with Crippen molar-refractivity contribution in [3.63, 3.8) is 0 Å². The number of aliphatic hydroxyl groups excluding tert-OH is 1. The predicted octanol–water partition coefficient (Wildman–Crippen LogP) is 1.92. The third kappa shape index (κ3) is 3.15. The van der Waals surface area contributed by atoms with Crippen LogP contribution in [-0.2, 0) is 0 Å². The maximum absolute atomic E-state index is 9.20. The van der Waals surface area contributed by atoms with E-state index in [4.69, 9.17) is 10.5 Å². The third-order valence-electron chi connectivity index (χ3n) is 2.99. The van der Waals surface area contributed by atoms with E-state index in [1.165, 1.54) is 0 Å². The minimum absolute atomic E-state index is 0.115. The number of methoxy groups -OCH3 is 1. The average Bonchev–Trinajstić information content (AvgIpc) is 2.34. The Balaban J connectivity index is 3.28. The van der Waals surface area contributed by atoms with E-state index in [0.717, 1.165) is 17.0 Å². The summed E-state index contributed by atoms with van der Waals surface area (Å²) in [5.41, 5.74) is 8.08. The molecule has 0 aromatic heterocycles. The van der Waals surface area contributed by atoms with Gasteiger partial charge in [0.15, 0.2) is 0 Å². The summed E-state index contributed by atoms with van der Waals surface area (Å²) in [5.74, 6) is 0.797. The van der Waals surface area contributed by atoms with Crippen LogP contribution in [0.2, 0.25) is 0 Å². The summed E-state index contributed by atoms with van der Waals surface area (Å²) in [4.78, 5) is 2.14. The van der Waals surface area contributed by atoms with Crippen molar-refractivity contribution in [2.24, 2.45) is 5.73 Å². The molecule has 0 amide bonds. The van der Waals surface area contributed by atoms with Crippen molar-refractivity contribution in [2.75, 3.05) is 25.2 Å². The van der Waals surface area contributed by atoms with Gasteiger partial charge in [0.2, 0.25) is 0 Å². The maximum atomic E-state index is 9.20. The molecular formula is C14H24N2O2. The average molecular weight is 252 g/mol. The summed E-state index contributed by atoms with van der Waals surface area (Å²) in [6.07, 6.45) is 0. The number of ether oxygens (including phenoxy) is 1. The van der Waals surface area contributed by atoms with Crippen LogP contribution in [0.3, 0.4) is 0 Å². The molecule has 0 saturated carbocycles. The van der Waals surface area contributed by atoms with Crippen LogP contribution in [0.4, 0.5) is 5.69 Å². The van der Waals surface area contributed by atoms with Crippen molar-refractivity contribution in [1.29, 1.82) is 0 Å². The molecule has 18 heavy (non-hydrogen) atoms. The van der Waals surface area contributed by atoms with Crippen LogP contribution in [0, 0.1) is 0 Å². The first-order chi connectivity index (χ1) is 8.52. The summed E-state index contributed by atoms with van der Waals surface area (Å²) in [6, 6.07) is 6.07. The first kappa shape index (κ1) is 14.8. The second-order valence-corrected chi connectivity index (χ2v) is 4.69. The molecule has 4 nitrogen and oxygen atoms in total. The first-order valence-corrected chi connectivity index (χ1v) is 6.32. The summed E-state index contributed by atoms with van der Waals surface area (Å²) in [5, 5.41) is 9.20. The molecule has 1 aromatic rings. The normalized spacial score (nSPS) is 12.6. The number of nitrogens with two attached hydrogens (primary N) is 1. The summed E-state index contributed by atoms with van der Waals surface area (Å²) < 4.78 is 5.39. The Labute approximate surface area is 109 Å². The van der Waals surface area contributed by atoms with Crippen molar-refractivity contribution in [3.8, 4) is 5.75 Å². The Morgan fingerprint density at radius 2 is 2.00 bits per heavy atom. The third-order valence-corrected chi connectivity index (χ3v) is 2.99. The molecule has 0 aliphatic heterocycles. The van der Waals surface area contributed by atoms with Crippen molar-refractivity contribution in [1.82, 2.24) is 0 Å². The lowest BCUT2D eigenvalue weighted by molar-refractivity contribution is 0.298. The van der Waals surface area contributed by atoms with E-state index in [0.29, 0.717) is 12.6 Å². The minimum atomic E-state index is -0.115. The molecule has 1 rings (SSSR count). The number of nitrogens with zero attached hydrogens (tertiary/aromatic N) is 1. The Morgan fingerprint density at radius 1 is 1.33 bits per heavy atom. The largest absolute Gasteiger partial charge is 0.496 e. The first-order valence-electron chi connectivity index (χ1n) is 6.32. The van der Waals surface area contributed by atoms with Crippen LogP contribution in [0.5, 0.6) is 5.75 Å². The van der Waals surface area contributed by atoms with E-state index >= 15 is 0 Å². The second kappa shape index (κ2) is 6.61. The summed E-state index contributed by atoms with van der Waals surface area (Å²) >= 11 is 0. The lowest BCUT2D eigenvalue weighted by Crippen LogP contribution is -2.34. The molecule has 3 N–H and O–H groups in total. The SMILES string of the molecule is COc1cccc(N(CCO)C(C)C)c1[C@H](C)N. The van der Waals surface area contributed by atoms with Crippen LogP contribution in [0.1, 0.15) is 32.4 Å². The molecule has 0 radical (unpaired) electrons. The fraction of sp³-hybridized carbons (Fsp3) is 0.571. The molecule has 1 aromatic carbocycles. The fourth-order valence-corrected chi connectivity index (χ4v) is 2.18. The van der Waals surface area contributed by atoms with E-state index in [1.54, 1.807) is 7.11 Å². The Bertz CT molecular complexity index is 378. The minimum Gasteiger partial charge on any atom is -0.496 e. The highest BCUT2D eigenvalue weighted by Crippen LogP contribution is 2.34. The van der Waals surface area contributed by atoms with Crippen LogP contribution >= 0.6 is 0 Å². The molecule has 0 unspecified atom stereocenters. The number of rotatable bonds is 6. The van der Waals surface area contributed by atoms with Gasteiger partial charge in [0.05, 0.1) is 13.7 Å². The van der Waals surface area contributed by atoms with Gasteiger partial charge in [0.1, 0.15) is 5.75 Å². The number of benzene rings is 1. The van der Waals surface area contributed by atoms with Gasteiger partial charge in [0, 0.05) is 29.9 Å². The molecule has 102 valence electrons. The topological polar surface area (TPSA) is 58.7 Å². The van der Waals surface area contributed by atoms with Gasteiger partial charge in [-0.2, -0.15) is 0 Å². The van der Waals surface area contributed by atoms with Crippen LogP contribution < -0.4 is 15.4 Å². The van der Waals surface area contributed by atoms with E-state index in [2.05, 4.69) is 18.7 Å². The highest BCUT2D eigenvalue weighted by molar-refractivity contribution is 5.61. The number of aliphatic hydroxyl groups is 1. The summed E-state index contributed by atoms with van der Waals surface area (Å²) in [6.45, 7) is 6.84. The number of hydrogen-bond acceptors (Lipinski definition) is 4. The van der Waals surface area contributed by atoms with Crippen molar-refractivity contribution in [3.05, 3.63) is 23.8 Å². The zero-order valence-corrected chi connectivity index (χ0v) is 11.7. The number of anilines is 1. The highest BCUT2D eigenvalue weighted by atomic mass is 16.5. The van der Waals surface area contributed by atoms with Crippen molar-refractivity contribution < 1.29 is 9.84 Å². The zero-order chi connectivity index (χ0) is 13.7. The van der Waals surface area contributed by atoms with Crippen LogP contribution in [0.25, 0.3) is 0 Å². The molecular weight excluding hydrogens is 228 g/mol. The van der Waals surface area contributed by atoms with Crippen molar-refractivity contribution >= 4 is 5.69 Å². The van der Waals surface area contributed by atoms with Gasteiger partial charge in [-0.15, -0.1) is 0 Å². The quantitative estimate of drug-likeness (QED) is 0.812. The lowest BCUT2D eigenvalue weighted by Gasteiger charge is -2.32. The molecule has 4 heteroatoms. The maximum Gasteiger partial charge on any atom is 0.125 e. The van der Waals surface area contributed by atoms with Gasteiger partial charge in [-0.05, 0) is 32.9 Å². The molecule has 0 aliphatic rings. The van der Waals surface area contributed by atoms with Gasteiger partial charge >= 0.3 is 0 Å². The monoisotopic (exact) mass is 252 g/mol. The van der Waals surface area contributed by atoms with Gasteiger partial charge in [-0.1, -0.05) is 6.07 Å². The molecule has 0 spiro atoms. The Hall–Kier alpha value is -1.26. The standard InChI is InChI=1S/C14H24N2O2/c1-10(2)16(8-9-17)12-6-5-7-13(18-4)14(12)11(3)15/h5-7,10-11,17H,8-9,15H2,1-4H3/t11-/m0/s1. The number of hydrogen-bond donors (Lipinski definition) is 2. The molecule has 0 bridgehead atoms. The second-order valence-electron chi connectivity index (χ2n) is 4.69. The predicted molar refractivity (Wildman–Crippen MR) is 75.2 cm³/mol. The van der Waals surface area contributed by atoms with E-state index in [1.807, 2.05) is 25.1 Å².